The highest BCUT2D eigenvalue weighted by atomic mass is 16.4. The minimum absolute atomic E-state index is 0.128. The first-order valence-electron chi connectivity index (χ1n) is 7.66. The maximum absolute atomic E-state index is 12.6. The number of rotatable bonds is 3. The van der Waals surface area contributed by atoms with E-state index in [1.54, 1.807) is 0 Å². The van der Waals surface area contributed by atoms with Gasteiger partial charge in [-0.1, -0.05) is 33.1 Å². The number of carbonyl (C=O) groups excluding carboxylic acids is 1. The fourth-order valence-electron chi connectivity index (χ4n) is 3.51. The first kappa shape index (κ1) is 15.3. The number of carbonyl (C=O) groups is 2. The van der Waals surface area contributed by atoms with Gasteiger partial charge in [0.2, 0.25) is 5.91 Å². The molecule has 1 aliphatic heterocycles. The average molecular weight is 282 g/mol. The Bertz CT molecular complexity index is 387. The van der Waals surface area contributed by atoms with Crippen LogP contribution in [-0.4, -0.2) is 35.1 Å². The van der Waals surface area contributed by atoms with E-state index in [0.29, 0.717) is 12.8 Å². The van der Waals surface area contributed by atoms with E-state index < -0.39 is 11.5 Å². The second kappa shape index (κ2) is 5.72. The van der Waals surface area contributed by atoms with E-state index >= 15 is 0 Å². The van der Waals surface area contributed by atoms with Gasteiger partial charge < -0.3 is 15.7 Å². The zero-order valence-corrected chi connectivity index (χ0v) is 12.5. The summed E-state index contributed by atoms with van der Waals surface area (Å²) >= 11 is 0. The van der Waals surface area contributed by atoms with Gasteiger partial charge in [0, 0.05) is 0 Å². The summed E-state index contributed by atoms with van der Waals surface area (Å²) in [6.07, 6.45) is 5.92. The van der Waals surface area contributed by atoms with Crippen LogP contribution < -0.4 is 10.6 Å². The zero-order chi connectivity index (χ0) is 14.8. The lowest BCUT2D eigenvalue weighted by atomic mass is 9.76. The fourth-order valence-corrected chi connectivity index (χ4v) is 3.51. The van der Waals surface area contributed by atoms with Crippen molar-refractivity contribution in [1.29, 1.82) is 0 Å². The first-order chi connectivity index (χ1) is 9.37. The van der Waals surface area contributed by atoms with Crippen LogP contribution in [0.2, 0.25) is 0 Å². The highest BCUT2D eigenvalue weighted by molar-refractivity contribution is 5.90. The summed E-state index contributed by atoms with van der Waals surface area (Å²) in [6.45, 7) is 4.96. The van der Waals surface area contributed by atoms with Crippen LogP contribution in [0.1, 0.15) is 58.8 Å². The molecule has 0 aromatic carbocycles. The summed E-state index contributed by atoms with van der Waals surface area (Å²) in [7, 11) is 0. The lowest BCUT2D eigenvalue weighted by Gasteiger charge is -2.41. The predicted molar refractivity (Wildman–Crippen MR) is 76.4 cm³/mol. The Morgan fingerprint density at radius 1 is 1.10 bits per heavy atom. The minimum atomic E-state index is -1.05. The molecule has 1 saturated heterocycles. The third-order valence-electron chi connectivity index (χ3n) is 4.87. The summed E-state index contributed by atoms with van der Waals surface area (Å²) in [5.41, 5.74) is -1.18. The van der Waals surface area contributed by atoms with Crippen LogP contribution >= 0.6 is 0 Å². The molecule has 3 N–H and O–H groups in total. The topological polar surface area (TPSA) is 78.4 Å². The van der Waals surface area contributed by atoms with Crippen molar-refractivity contribution in [3.8, 4) is 0 Å². The lowest BCUT2D eigenvalue weighted by Crippen LogP contribution is -2.63. The molecule has 0 aromatic heterocycles. The monoisotopic (exact) mass is 282 g/mol. The number of carboxylic acid groups (broad SMARTS) is 1. The van der Waals surface area contributed by atoms with Gasteiger partial charge in [0.25, 0.3) is 0 Å². The highest BCUT2D eigenvalue weighted by Gasteiger charge is 2.45. The molecule has 1 unspecified atom stereocenters. The van der Waals surface area contributed by atoms with Gasteiger partial charge in [0.05, 0.1) is 6.04 Å². The van der Waals surface area contributed by atoms with Crippen LogP contribution in [0, 0.1) is 5.41 Å². The van der Waals surface area contributed by atoms with Crippen molar-refractivity contribution >= 4 is 11.9 Å². The molecular formula is C15H26N2O3. The molecule has 5 heteroatoms. The molecule has 2 rings (SSSR count). The third kappa shape index (κ3) is 2.97. The molecule has 0 radical (unpaired) electrons. The van der Waals surface area contributed by atoms with E-state index in [9.17, 15) is 14.7 Å². The number of piperidine rings is 1. The molecular weight excluding hydrogens is 256 g/mol. The van der Waals surface area contributed by atoms with E-state index in [4.69, 9.17) is 0 Å². The van der Waals surface area contributed by atoms with Gasteiger partial charge in [0.1, 0.15) is 5.54 Å². The standard InChI is InChI=1S/C15H26N2O3/c1-14(2)7-6-10-16-11(14)12(18)17-15(13(19)20)8-4-3-5-9-15/h11,16H,3-10H2,1-2H3,(H,17,18)(H,19,20). The second-order valence-electron chi connectivity index (χ2n) is 6.92. The number of amides is 1. The van der Waals surface area contributed by atoms with Gasteiger partial charge in [-0.3, -0.25) is 4.79 Å². The molecule has 1 heterocycles. The normalized spacial score (nSPS) is 28.6. The van der Waals surface area contributed by atoms with Gasteiger partial charge in [0.15, 0.2) is 0 Å². The van der Waals surface area contributed by atoms with Crippen molar-refractivity contribution in [2.75, 3.05) is 6.54 Å². The maximum Gasteiger partial charge on any atom is 0.329 e. The van der Waals surface area contributed by atoms with E-state index in [1.807, 2.05) is 0 Å². The Balaban J connectivity index is 2.10. The summed E-state index contributed by atoms with van der Waals surface area (Å²) in [5.74, 6) is -1.04. The third-order valence-corrected chi connectivity index (χ3v) is 4.87. The number of hydrogen-bond acceptors (Lipinski definition) is 3. The Morgan fingerprint density at radius 2 is 1.75 bits per heavy atom. The zero-order valence-electron chi connectivity index (χ0n) is 12.5. The van der Waals surface area contributed by atoms with Crippen LogP contribution in [-0.2, 0) is 9.59 Å². The Hall–Kier alpha value is -1.10. The summed E-state index contributed by atoms with van der Waals surface area (Å²) in [6, 6.07) is -0.297. The van der Waals surface area contributed by atoms with E-state index in [0.717, 1.165) is 38.6 Å². The maximum atomic E-state index is 12.6. The summed E-state index contributed by atoms with van der Waals surface area (Å²) in [5, 5.41) is 15.6. The van der Waals surface area contributed by atoms with Crippen molar-refractivity contribution in [1.82, 2.24) is 10.6 Å². The molecule has 2 fully saturated rings. The molecule has 5 nitrogen and oxygen atoms in total. The molecule has 0 bridgehead atoms. The van der Waals surface area contributed by atoms with Gasteiger partial charge in [-0.05, 0) is 37.6 Å². The molecule has 2 aliphatic rings. The lowest BCUT2D eigenvalue weighted by molar-refractivity contribution is -0.150. The number of hydrogen-bond donors (Lipinski definition) is 3. The molecule has 1 aliphatic carbocycles. The molecule has 1 saturated carbocycles. The molecule has 1 atom stereocenters. The average Bonchev–Trinajstić information content (AvgIpc) is 2.38. The molecule has 20 heavy (non-hydrogen) atoms. The van der Waals surface area contributed by atoms with E-state index in [1.165, 1.54) is 0 Å². The van der Waals surface area contributed by atoms with Crippen LogP contribution in [0.5, 0.6) is 0 Å². The largest absolute Gasteiger partial charge is 0.480 e. The van der Waals surface area contributed by atoms with Crippen molar-refractivity contribution < 1.29 is 14.7 Å². The Kier molecular flexibility index (Phi) is 4.37. The van der Waals surface area contributed by atoms with Crippen molar-refractivity contribution in [2.45, 2.75) is 70.4 Å². The van der Waals surface area contributed by atoms with Crippen molar-refractivity contribution in [3.63, 3.8) is 0 Å². The van der Waals surface area contributed by atoms with Crippen LogP contribution in [0.25, 0.3) is 0 Å². The fraction of sp³-hybridized carbons (Fsp3) is 0.867. The van der Waals surface area contributed by atoms with Gasteiger partial charge in [-0.25, -0.2) is 4.79 Å². The number of nitrogens with one attached hydrogen (secondary N) is 2. The summed E-state index contributed by atoms with van der Waals surface area (Å²) in [4.78, 5) is 24.2. The smallest absolute Gasteiger partial charge is 0.329 e. The Morgan fingerprint density at radius 3 is 2.30 bits per heavy atom. The van der Waals surface area contributed by atoms with Crippen LogP contribution in [0.15, 0.2) is 0 Å². The highest BCUT2D eigenvalue weighted by Crippen LogP contribution is 2.32. The number of aliphatic carboxylic acids is 1. The van der Waals surface area contributed by atoms with Crippen molar-refractivity contribution in [3.05, 3.63) is 0 Å². The van der Waals surface area contributed by atoms with E-state index in [2.05, 4.69) is 24.5 Å². The second-order valence-corrected chi connectivity index (χ2v) is 6.92. The van der Waals surface area contributed by atoms with Crippen LogP contribution in [0.3, 0.4) is 0 Å². The Labute approximate surface area is 120 Å². The quantitative estimate of drug-likeness (QED) is 0.736. The van der Waals surface area contributed by atoms with Crippen molar-refractivity contribution in [2.24, 2.45) is 5.41 Å². The molecule has 0 spiro atoms. The van der Waals surface area contributed by atoms with Crippen LogP contribution in [0.4, 0.5) is 0 Å². The predicted octanol–water partition coefficient (Wildman–Crippen LogP) is 1.67. The minimum Gasteiger partial charge on any atom is -0.480 e. The summed E-state index contributed by atoms with van der Waals surface area (Å²) < 4.78 is 0. The SMILES string of the molecule is CC1(C)CCCNC1C(=O)NC1(C(=O)O)CCCCC1. The number of carboxylic acids is 1. The first-order valence-corrected chi connectivity index (χ1v) is 7.66. The molecule has 0 aromatic rings. The van der Waals surface area contributed by atoms with Gasteiger partial charge in [-0.15, -0.1) is 0 Å². The van der Waals surface area contributed by atoms with E-state index in [-0.39, 0.29) is 17.4 Å². The molecule has 1 amide bonds. The molecule has 114 valence electrons. The van der Waals surface area contributed by atoms with Gasteiger partial charge >= 0.3 is 5.97 Å². The van der Waals surface area contributed by atoms with Gasteiger partial charge in [-0.2, -0.15) is 0 Å².